The lowest BCUT2D eigenvalue weighted by Gasteiger charge is -1.94. The molecule has 2 aromatic heterocycles. The third kappa shape index (κ3) is 1.55. The van der Waals surface area contributed by atoms with Gasteiger partial charge in [-0.15, -0.1) is 10.2 Å². The van der Waals surface area contributed by atoms with Gasteiger partial charge in [-0.3, -0.25) is 0 Å². The molecule has 66 valence electrons. The first-order chi connectivity index (χ1) is 6.27. The Hall–Kier alpha value is -1.36. The summed E-state index contributed by atoms with van der Waals surface area (Å²) in [7, 11) is 0. The molecule has 0 bridgehead atoms. The van der Waals surface area contributed by atoms with Crippen LogP contribution in [0.2, 0.25) is 0 Å². The zero-order valence-corrected chi connectivity index (χ0v) is 7.68. The topological polar surface area (TPSA) is 38.7 Å². The van der Waals surface area contributed by atoms with Crippen LogP contribution in [0.15, 0.2) is 18.3 Å². The van der Waals surface area contributed by atoms with E-state index in [2.05, 4.69) is 15.2 Å². The van der Waals surface area contributed by atoms with Crippen molar-refractivity contribution < 1.29 is 4.39 Å². The van der Waals surface area contributed by atoms with Crippen LogP contribution in [-0.4, -0.2) is 15.2 Å². The summed E-state index contributed by atoms with van der Waals surface area (Å²) in [6.45, 7) is 1.83. The fraction of sp³-hybridized carbons (Fsp3) is 0.125. The van der Waals surface area contributed by atoms with Crippen molar-refractivity contribution in [2.75, 3.05) is 0 Å². The van der Waals surface area contributed by atoms with Gasteiger partial charge >= 0.3 is 0 Å². The first-order valence-corrected chi connectivity index (χ1v) is 4.50. The predicted molar refractivity (Wildman–Crippen MR) is 47.8 cm³/mol. The van der Waals surface area contributed by atoms with Crippen molar-refractivity contribution in [3.8, 4) is 10.6 Å². The number of hydrogen-bond acceptors (Lipinski definition) is 4. The summed E-state index contributed by atoms with van der Waals surface area (Å²) in [5.74, 6) is -0.501. The molecular weight excluding hydrogens is 189 g/mol. The summed E-state index contributed by atoms with van der Waals surface area (Å²) in [5.41, 5.74) is 0.410. The van der Waals surface area contributed by atoms with Crippen molar-refractivity contribution in [1.29, 1.82) is 0 Å². The molecule has 0 saturated carbocycles. The molecule has 0 aliphatic carbocycles. The predicted octanol–water partition coefficient (Wildman–Crippen LogP) is 2.05. The highest BCUT2D eigenvalue weighted by Crippen LogP contribution is 2.23. The van der Waals surface area contributed by atoms with E-state index in [4.69, 9.17) is 0 Å². The Morgan fingerprint density at radius 3 is 2.85 bits per heavy atom. The van der Waals surface area contributed by atoms with E-state index in [9.17, 15) is 4.39 Å². The standard InChI is InChI=1S/C8H6FN3S/c1-5-11-12-8(13-5)6-3-2-4-10-7(6)9/h2-4H,1H3. The van der Waals surface area contributed by atoms with Crippen molar-refractivity contribution in [3.63, 3.8) is 0 Å². The molecule has 0 unspecified atom stereocenters. The normalized spacial score (nSPS) is 10.3. The molecular formula is C8H6FN3S. The molecule has 2 aromatic rings. The first kappa shape index (κ1) is 8.25. The van der Waals surface area contributed by atoms with Gasteiger partial charge in [0.1, 0.15) is 5.01 Å². The lowest BCUT2D eigenvalue weighted by molar-refractivity contribution is 0.587. The van der Waals surface area contributed by atoms with Crippen LogP contribution in [0.5, 0.6) is 0 Å². The van der Waals surface area contributed by atoms with E-state index in [-0.39, 0.29) is 0 Å². The Labute approximate surface area is 78.3 Å². The van der Waals surface area contributed by atoms with Crippen molar-refractivity contribution >= 4 is 11.3 Å². The molecule has 0 aliphatic rings. The lowest BCUT2D eigenvalue weighted by Crippen LogP contribution is -1.86. The second-order valence-corrected chi connectivity index (χ2v) is 3.65. The average Bonchev–Trinajstić information content (AvgIpc) is 2.53. The Bertz CT molecular complexity index is 427. The number of nitrogens with zero attached hydrogens (tertiary/aromatic N) is 3. The van der Waals surface area contributed by atoms with E-state index >= 15 is 0 Å². The highest BCUT2D eigenvalue weighted by molar-refractivity contribution is 7.14. The molecule has 0 aliphatic heterocycles. The fourth-order valence-corrected chi connectivity index (χ4v) is 1.66. The van der Waals surface area contributed by atoms with Gasteiger partial charge in [0, 0.05) is 6.20 Å². The maximum absolute atomic E-state index is 13.1. The summed E-state index contributed by atoms with van der Waals surface area (Å²) in [6.07, 6.45) is 1.41. The van der Waals surface area contributed by atoms with Gasteiger partial charge in [-0.1, -0.05) is 11.3 Å². The van der Waals surface area contributed by atoms with Crippen LogP contribution in [0.25, 0.3) is 10.6 Å². The van der Waals surface area contributed by atoms with Crippen molar-refractivity contribution in [3.05, 3.63) is 29.3 Å². The zero-order valence-electron chi connectivity index (χ0n) is 6.86. The molecule has 0 amide bonds. The van der Waals surface area contributed by atoms with Crippen LogP contribution in [0, 0.1) is 12.9 Å². The van der Waals surface area contributed by atoms with Crippen molar-refractivity contribution in [2.45, 2.75) is 6.92 Å². The van der Waals surface area contributed by atoms with Gasteiger partial charge in [0.05, 0.1) is 5.56 Å². The van der Waals surface area contributed by atoms with E-state index < -0.39 is 5.95 Å². The minimum absolute atomic E-state index is 0.410. The van der Waals surface area contributed by atoms with Crippen molar-refractivity contribution in [1.82, 2.24) is 15.2 Å². The van der Waals surface area contributed by atoms with Gasteiger partial charge in [-0.25, -0.2) is 4.98 Å². The Morgan fingerprint density at radius 2 is 2.23 bits per heavy atom. The molecule has 0 saturated heterocycles. The molecule has 13 heavy (non-hydrogen) atoms. The van der Waals surface area contributed by atoms with Crippen LogP contribution in [0.3, 0.4) is 0 Å². The molecule has 2 rings (SSSR count). The third-order valence-corrected chi connectivity index (χ3v) is 2.39. The van der Waals surface area contributed by atoms with E-state index in [1.165, 1.54) is 17.5 Å². The fourth-order valence-electron chi connectivity index (χ4n) is 0.951. The average molecular weight is 195 g/mol. The first-order valence-electron chi connectivity index (χ1n) is 3.68. The number of rotatable bonds is 1. The van der Waals surface area contributed by atoms with Crippen LogP contribution in [-0.2, 0) is 0 Å². The van der Waals surface area contributed by atoms with Gasteiger partial charge in [-0.2, -0.15) is 4.39 Å². The molecule has 0 aromatic carbocycles. The molecule has 0 atom stereocenters. The Morgan fingerprint density at radius 1 is 1.38 bits per heavy atom. The summed E-state index contributed by atoms with van der Waals surface area (Å²) in [5, 5.41) is 9.03. The van der Waals surface area contributed by atoms with E-state index in [1.807, 2.05) is 6.92 Å². The maximum Gasteiger partial charge on any atom is 0.223 e. The largest absolute Gasteiger partial charge is 0.228 e. The zero-order chi connectivity index (χ0) is 9.26. The van der Waals surface area contributed by atoms with E-state index in [0.717, 1.165) is 5.01 Å². The molecule has 0 radical (unpaired) electrons. The number of pyridine rings is 1. The SMILES string of the molecule is Cc1nnc(-c2cccnc2F)s1. The number of hydrogen-bond donors (Lipinski definition) is 0. The van der Waals surface area contributed by atoms with Gasteiger partial charge in [0.15, 0.2) is 5.01 Å². The van der Waals surface area contributed by atoms with E-state index in [0.29, 0.717) is 10.6 Å². The van der Waals surface area contributed by atoms with Gasteiger partial charge in [0.2, 0.25) is 5.95 Å². The van der Waals surface area contributed by atoms with Crippen LogP contribution < -0.4 is 0 Å². The molecule has 2 heterocycles. The minimum atomic E-state index is -0.501. The second kappa shape index (κ2) is 3.18. The number of aryl methyl sites for hydroxylation is 1. The molecule has 5 heteroatoms. The number of halogens is 1. The Kier molecular flexibility index (Phi) is 2.02. The van der Waals surface area contributed by atoms with Gasteiger partial charge in [-0.05, 0) is 19.1 Å². The summed E-state index contributed by atoms with van der Waals surface area (Å²) < 4.78 is 13.1. The summed E-state index contributed by atoms with van der Waals surface area (Å²) in [4.78, 5) is 3.54. The lowest BCUT2D eigenvalue weighted by atomic mass is 10.3. The number of aromatic nitrogens is 3. The molecule has 3 nitrogen and oxygen atoms in total. The van der Waals surface area contributed by atoms with Gasteiger partial charge in [0.25, 0.3) is 0 Å². The molecule has 0 N–H and O–H groups in total. The van der Waals surface area contributed by atoms with Crippen LogP contribution in [0.1, 0.15) is 5.01 Å². The summed E-state index contributed by atoms with van der Waals surface area (Å²) in [6, 6.07) is 3.32. The highest BCUT2D eigenvalue weighted by Gasteiger charge is 2.09. The minimum Gasteiger partial charge on any atom is -0.228 e. The Balaban J connectivity index is 2.52. The third-order valence-electron chi connectivity index (χ3n) is 1.52. The monoisotopic (exact) mass is 195 g/mol. The highest BCUT2D eigenvalue weighted by atomic mass is 32.1. The maximum atomic E-state index is 13.1. The van der Waals surface area contributed by atoms with Crippen LogP contribution >= 0.6 is 11.3 Å². The second-order valence-electron chi connectivity index (χ2n) is 2.47. The van der Waals surface area contributed by atoms with Crippen LogP contribution in [0.4, 0.5) is 4.39 Å². The smallest absolute Gasteiger partial charge is 0.223 e. The quantitative estimate of drug-likeness (QED) is 0.653. The molecule has 0 fully saturated rings. The van der Waals surface area contributed by atoms with Gasteiger partial charge < -0.3 is 0 Å². The molecule has 0 spiro atoms. The van der Waals surface area contributed by atoms with E-state index in [1.54, 1.807) is 12.1 Å². The summed E-state index contributed by atoms with van der Waals surface area (Å²) >= 11 is 1.35. The van der Waals surface area contributed by atoms with Crippen molar-refractivity contribution in [2.24, 2.45) is 0 Å².